The highest BCUT2D eigenvalue weighted by Crippen LogP contribution is 2.25. The Morgan fingerprint density at radius 1 is 1.15 bits per heavy atom. The summed E-state index contributed by atoms with van der Waals surface area (Å²) in [5, 5.41) is 16.3. The van der Waals surface area contributed by atoms with Crippen LogP contribution >= 0.6 is 11.6 Å². The fourth-order valence-electron chi connectivity index (χ4n) is 4.39. The number of aromatic nitrogens is 2. The first-order valence-electron chi connectivity index (χ1n) is 11.8. The molecule has 3 N–H and O–H groups in total. The monoisotopic (exact) mass is 490 g/mol. The predicted octanol–water partition coefficient (Wildman–Crippen LogP) is 2.07. The highest BCUT2D eigenvalue weighted by atomic mass is 35.5. The minimum absolute atomic E-state index is 0.0213. The van der Waals surface area contributed by atoms with Crippen molar-refractivity contribution in [3.05, 3.63) is 51.7 Å². The standard InChI is InChI=1S/C24H31ClN4O5/c25-20-8-7-18(11-19(20)23(32)27-22(31)17-5-3-1-2-4-6-17)29-10-9-28(24(29)33)13-21(30)26-12-16-14-34-15-16/h7-11,16-17,22,31H,1-6,12-15H2,(H,26,30)(H,27,32). The van der Waals surface area contributed by atoms with Crippen LogP contribution in [0.1, 0.15) is 48.9 Å². The number of aliphatic hydroxyl groups is 1. The first-order chi connectivity index (χ1) is 16.4. The lowest BCUT2D eigenvalue weighted by Gasteiger charge is -2.25. The molecule has 184 valence electrons. The van der Waals surface area contributed by atoms with Gasteiger partial charge in [0.1, 0.15) is 12.8 Å². The number of hydrogen-bond acceptors (Lipinski definition) is 5. The fraction of sp³-hybridized carbons (Fsp3) is 0.542. The largest absolute Gasteiger partial charge is 0.381 e. The van der Waals surface area contributed by atoms with Crippen molar-refractivity contribution in [1.29, 1.82) is 0 Å². The second-order valence-electron chi connectivity index (χ2n) is 9.12. The summed E-state index contributed by atoms with van der Waals surface area (Å²) in [5.41, 5.74) is 0.204. The van der Waals surface area contributed by atoms with Gasteiger partial charge in [0.25, 0.3) is 5.91 Å². The van der Waals surface area contributed by atoms with Gasteiger partial charge in [0, 0.05) is 30.8 Å². The van der Waals surface area contributed by atoms with Crippen molar-refractivity contribution in [3.63, 3.8) is 0 Å². The summed E-state index contributed by atoms with van der Waals surface area (Å²) in [6.07, 6.45) is 8.26. The molecule has 0 bridgehead atoms. The molecule has 1 aromatic carbocycles. The van der Waals surface area contributed by atoms with Crippen molar-refractivity contribution in [1.82, 2.24) is 19.8 Å². The molecule has 34 heavy (non-hydrogen) atoms. The molecule has 1 aromatic heterocycles. The number of benzene rings is 1. The summed E-state index contributed by atoms with van der Waals surface area (Å²) >= 11 is 6.27. The molecular weight excluding hydrogens is 460 g/mol. The summed E-state index contributed by atoms with van der Waals surface area (Å²) < 4.78 is 7.74. The van der Waals surface area contributed by atoms with Crippen molar-refractivity contribution in [2.24, 2.45) is 11.8 Å². The summed E-state index contributed by atoms with van der Waals surface area (Å²) in [6.45, 7) is 1.70. The Morgan fingerprint density at radius 2 is 1.88 bits per heavy atom. The van der Waals surface area contributed by atoms with Gasteiger partial charge in [-0.05, 0) is 31.0 Å². The van der Waals surface area contributed by atoms with Gasteiger partial charge in [0.05, 0.1) is 29.5 Å². The Morgan fingerprint density at radius 3 is 2.56 bits per heavy atom. The summed E-state index contributed by atoms with van der Waals surface area (Å²) in [7, 11) is 0. The van der Waals surface area contributed by atoms with Gasteiger partial charge in [-0.25, -0.2) is 4.79 Å². The Bertz CT molecular complexity index is 1070. The quantitative estimate of drug-likeness (QED) is 0.387. The van der Waals surface area contributed by atoms with E-state index in [0.717, 1.165) is 38.5 Å². The molecule has 2 aromatic rings. The lowest BCUT2D eigenvalue weighted by molar-refractivity contribution is -0.122. The van der Waals surface area contributed by atoms with E-state index < -0.39 is 17.8 Å². The minimum atomic E-state index is -0.945. The third-order valence-electron chi connectivity index (χ3n) is 6.55. The van der Waals surface area contributed by atoms with E-state index >= 15 is 0 Å². The van der Waals surface area contributed by atoms with E-state index in [9.17, 15) is 19.5 Å². The topological polar surface area (TPSA) is 115 Å². The summed E-state index contributed by atoms with van der Waals surface area (Å²) in [6, 6.07) is 4.68. The maximum absolute atomic E-state index is 12.9. The molecule has 2 aliphatic rings. The van der Waals surface area contributed by atoms with Gasteiger partial charge in [-0.3, -0.25) is 18.7 Å². The van der Waals surface area contributed by atoms with Crippen LogP contribution in [0.5, 0.6) is 0 Å². The van der Waals surface area contributed by atoms with Gasteiger partial charge in [-0.1, -0.05) is 37.3 Å². The first kappa shape index (κ1) is 24.5. The van der Waals surface area contributed by atoms with E-state index in [1.165, 1.54) is 21.4 Å². The molecule has 0 spiro atoms. The third-order valence-corrected chi connectivity index (χ3v) is 6.88. The number of amides is 2. The number of hydrogen-bond donors (Lipinski definition) is 3. The Hall–Kier alpha value is -2.62. The van der Waals surface area contributed by atoms with Crippen LogP contribution in [0, 0.1) is 11.8 Å². The minimum Gasteiger partial charge on any atom is -0.381 e. The predicted molar refractivity (Wildman–Crippen MR) is 127 cm³/mol. The van der Waals surface area contributed by atoms with Crippen LogP contribution in [0.4, 0.5) is 0 Å². The highest BCUT2D eigenvalue weighted by Gasteiger charge is 2.24. The zero-order chi connectivity index (χ0) is 24.1. The number of imidazole rings is 1. The molecule has 1 unspecified atom stereocenters. The van der Waals surface area contributed by atoms with Gasteiger partial charge in [0.15, 0.2) is 0 Å². The molecule has 9 nitrogen and oxygen atoms in total. The van der Waals surface area contributed by atoms with Gasteiger partial charge in [-0.2, -0.15) is 0 Å². The van der Waals surface area contributed by atoms with Crippen molar-refractivity contribution < 1.29 is 19.4 Å². The Kier molecular flexibility index (Phi) is 8.07. The molecule has 1 atom stereocenters. The van der Waals surface area contributed by atoms with E-state index in [4.69, 9.17) is 16.3 Å². The van der Waals surface area contributed by atoms with Crippen LogP contribution in [0.3, 0.4) is 0 Å². The third kappa shape index (κ3) is 5.89. The van der Waals surface area contributed by atoms with Gasteiger partial charge in [-0.15, -0.1) is 0 Å². The lowest BCUT2D eigenvalue weighted by atomic mass is 9.98. The zero-order valence-corrected chi connectivity index (χ0v) is 19.8. The SMILES string of the molecule is O=C(Cn1ccn(-c2ccc(Cl)c(C(=O)NC(O)C3CCCCCC3)c2)c1=O)NCC1COC1. The van der Waals surface area contributed by atoms with Crippen molar-refractivity contribution in [3.8, 4) is 5.69 Å². The number of nitrogens with one attached hydrogen (secondary N) is 2. The van der Waals surface area contributed by atoms with Gasteiger partial charge < -0.3 is 20.5 Å². The molecule has 1 aliphatic heterocycles. The summed E-state index contributed by atoms with van der Waals surface area (Å²) in [5.74, 6) is -0.399. The van der Waals surface area contributed by atoms with E-state index in [1.54, 1.807) is 18.3 Å². The fourth-order valence-corrected chi connectivity index (χ4v) is 4.60. The van der Waals surface area contributed by atoms with Crippen molar-refractivity contribution in [2.45, 2.75) is 51.3 Å². The van der Waals surface area contributed by atoms with Crippen LogP contribution in [-0.2, 0) is 16.1 Å². The zero-order valence-electron chi connectivity index (χ0n) is 19.0. The molecule has 1 aliphatic carbocycles. The average molecular weight is 491 g/mol. The van der Waals surface area contributed by atoms with Crippen LogP contribution in [0.25, 0.3) is 5.69 Å². The number of nitrogens with zero attached hydrogens (tertiary/aromatic N) is 2. The molecule has 0 radical (unpaired) electrons. The first-order valence-corrected chi connectivity index (χ1v) is 12.2. The second kappa shape index (κ2) is 11.2. The van der Waals surface area contributed by atoms with Crippen LogP contribution in [0.2, 0.25) is 5.02 Å². The number of carbonyl (C=O) groups is 2. The molecule has 2 amide bonds. The lowest BCUT2D eigenvalue weighted by Crippen LogP contribution is -2.41. The van der Waals surface area contributed by atoms with E-state index in [-0.39, 0.29) is 29.0 Å². The van der Waals surface area contributed by atoms with Crippen molar-refractivity contribution >= 4 is 23.4 Å². The molecule has 2 heterocycles. The number of carbonyl (C=O) groups excluding carboxylic acids is 2. The maximum Gasteiger partial charge on any atom is 0.333 e. The second-order valence-corrected chi connectivity index (χ2v) is 9.53. The number of ether oxygens (including phenoxy) is 1. The Balaban J connectivity index is 1.43. The molecule has 2 fully saturated rings. The average Bonchev–Trinajstić information content (AvgIpc) is 2.98. The summed E-state index contributed by atoms with van der Waals surface area (Å²) in [4.78, 5) is 37.9. The molecule has 1 saturated heterocycles. The van der Waals surface area contributed by atoms with E-state index in [2.05, 4.69) is 10.6 Å². The van der Waals surface area contributed by atoms with Gasteiger partial charge in [0.2, 0.25) is 5.91 Å². The molecule has 4 rings (SSSR count). The van der Waals surface area contributed by atoms with Crippen LogP contribution in [0.15, 0.2) is 35.4 Å². The van der Waals surface area contributed by atoms with Crippen LogP contribution in [-0.4, -0.2) is 52.0 Å². The molecule has 10 heteroatoms. The smallest absolute Gasteiger partial charge is 0.333 e. The van der Waals surface area contributed by atoms with E-state index in [1.807, 2.05) is 0 Å². The number of aliphatic hydroxyl groups excluding tert-OH is 1. The molecular formula is C24H31ClN4O5. The maximum atomic E-state index is 12.9. The normalized spacial score (nSPS) is 18.1. The van der Waals surface area contributed by atoms with Crippen molar-refractivity contribution in [2.75, 3.05) is 19.8 Å². The number of halogens is 1. The number of rotatable bonds is 8. The van der Waals surface area contributed by atoms with Gasteiger partial charge >= 0.3 is 5.69 Å². The highest BCUT2D eigenvalue weighted by molar-refractivity contribution is 6.33. The van der Waals surface area contributed by atoms with E-state index in [0.29, 0.717) is 31.4 Å². The van der Waals surface area contributed by atoms with Crippen LogP contribution < -0.4 is 16.3 Å². The Labute approximate surface area is 203 Å². The molecule has 1 saturated carbocycles.